The molecule has 0 unspecified atom stereocenters. The number of hydrogen-bond acceptors (Lipinski definition) is 5. The molecule has 0 bridgehead atoms. The summed E-state index contributed by atoms with van der Waals surface area (Å²) in [7, 11) is 0. The zero-order valence-corrected chi connectivity index (χ0v) is 13.4. The van der Waals surface area contributed by atoms with Crippen LogP contribution in [0.1, 0.15) is 61.3 Å². The van der Waals surface area contributed by atoms with Crippen LogP contribution in [0.25, 0.3) is 0 Å². The van der Waals surface area contributed by atoms with Crippen LogP contribution in [0.15, 0.2) is 17.5 Å². The quantitative estimate of drug-likeness (QED) is 0.864. The Kier molecular flexibility index (Phi) is 4.57. The Morgan fingerprint density at radius 3 is 2.33 bits per heavy atom. The fourth-order valence-electron chi connectivity index (χ4n) is 1.75. The smallest absolute Gasteiger partial charge is 0.335 e. The molecule has 2 heterocycles. The molecule has 0 spiro atoms. The minimum Gasteiger partial charge on any atom is -0.478 e. The number of aromatic carboxylic acids is 1. The molecule has 0 atom stereocenters. The number of nitrogens with one attached hydrogen (secondary N) is 1. The summed E-state index contributed by atoms with van der Waals surface area (Å²) in [4.78, 5) is 20.1. The van der Waals surface area contributed by atoms with Crippen LogP contribution in [-0.2, 0) is 0 Å². The average molecular weight is 305 g/mol. The Morgan fingerprint density at radius 1 is 1.14 bits per heavy atom. The summed E-state index contributed by atoms with van der Waals surface area (Å²) in [6.45, 7) is 8.13. The van der Waals surface area contributed by atoms with E-state index in [1.54, 1.807) is 6.07 Å². The summed E-state index contributed by atoms with van der Waals surface area (Å²) in [6, 6.07) is 3.14. The van der Waals surface area contributed by atoms with E-state index in [4.69, 9.17) is 0 Å². The Morgan fingerprint density at radius 2 is 1.81 bits per heavy atom. The number of carboxylic acid groups (broad SMARTS) is 1. The number of carbonyl (C=O) groups is 1. The minimum absolute atomic E-state index is 0.160. The molecule has 0 fully saturated rings. The predicted octanol–water partition coefficient (Wildman–Crippen LogP) is 4.23. The van der Waals surface area contributed by atoms with Gasteiger partial charge < -0.3 is 10.4 Å². The van der Waals surface area contributed by atoms with Crippen LogP contribution in [0.5, 0.6) is 0 Å². The molecule has 6 heteroatoms. The predicted molar refractivity (Wildman–Crippen MR) is 84.8 cm³/mol. The van der Waals surface area contributed by atoms with E-state index in [1.165, 1.54) is 17.4 Å². The second-order valence-corrected chi connectivity index (χ2v) is 6.34. The van der Waals surface area contributed by atoms with Gasteiger partial charge in [-0.15, -0.1) is 11.3 Å². The molecule has 2 N–H and O–H groups in total. The summed E-state index contributed by atoms with van der Waals surface area (Å²) >= 11 is 1.49. The van der Waals surface area contributed by atoms with Crippen molar-refractivity contribution >= 4 is 28.3 Å². The van der Waals surface area contributed by atoms with Crippen molar-refractivity contribution < 1.29 is 9.90 Å². The summed E-state index contributed by atoms with van der Waals surface area (Å²) in [5, 5.41) is 15.0. The van der Waals surface area contributed by atoms with Crippen molar-refractivity contribution in [1.29, 1.82) is 0 Å². The lowest BCUT2D eigenvalue weighted by molar-refractivity contribution is 0.0696. The van der Waals surface area contributed by atoms with Gasteiger partial charge in [-0.3, -0.25) is 0 Å². The Hall–Kier alpha value is -1.95. The standard InChI is InChI=1S/C15H19N3O2S/c1-8(2)11-5-10(14(19)20)6-13(16-11)18-15-17-12(7-21-15)9(3)4/h5-9H,1-4H3,(H,19,20)(H,16,17,18). The lowest BCUT2D eigenvalue weighted by Gasteiger charge is -2.09. The van der Waals surface area contributed by atoms with E-state index in [2.05, 4.69) is 29.1 Å². The number of pyridine rings is 1. The van der Waals surface area contributed by atoms with Crippen molar-refractivity contribution in [3.05, 3.63) is 34.5 Å². The molecule has 0 saturated carbocycles. The van der Waals surface area contributed by atoms with Crippen LogP contribution < -0.4 is 5.32 Å². The topological polar surface area (TPSA) is 75.1 Å². The van der Waals surface area contributed by atoms with Gasteiger partial charge in [0.05, 0.1) is 11.3 Å². The monoisotopic (exact) mass is 305 g/mol. The second-order valence-electron chi connectivity index (χ2n) is 5.48. The molecule has 21 heavy (non-hydrogen) atoms. The van der Waals surface area contributed by atoms with Gasteiger partial charge in [-0.2, -0.15) is 0 Å². The van der Waals surface area contributed by atoms with E-state index >= 15 is 0 Å². The van der Waals surface area contributed by atoms with E-state index < -0.39 is 5.97 Å². The van der Waals surface area contributed by atoms with Gasteiger partial charge in [0, 0.05) is 11.1 Å². The third-order valence-electron chi connectivity index (χ3n) is 3.03. The molecule has 0 radical (unpaired) electrons. The van der Waals surface area contributed by atoms with Crippen LogP contribution in [-0.4, -0.2) is 21.0 Å². The van der Waals surface area contributed by atoms with Gasteiger partial charge in [0.1, 0.15) is 5.82 Å². The first kappa shape index (κ1) is 15.4. The largest absolute Gasteiger partial charge is 0.478 e. The number of thiazole rings is 1. The van der Waals surface area contributed by atoms with Gasteiger partial charge in [0.15, 0.2) is 5.13 Å². The van der Waals surface area contributed by atoms with Gasteiger partial charge in [0.2, 0.25) is 0 Å². The van der Waals surface area contributed by atoms with Gasteiger partial charge in [-0.05, 0) is 24.0 Å². The van der Waals surface area contributed by atoms with E-state index in [-0.39, 0.29) is 11.5 Å². The molecule has 0 aliphatic heterocycles. The Labute approximate surface area is 128 Å². The van der Waals surface area contributed by atoms with Crippen molar-refractivity contribution in [2.45, 2.75) is 39.5 Å². The van der Waals surface area contributed by atoms with E-state index in [0.717, 1.165) is 16.5 Å². The Bertz CT molecular complexity index is 650. The van der Waals surface area contributed by atoms with E-state index in [0.29, 0.717) is 11.7 Å². The van der Waals surface area contributed by atoms with Crippen LogP contribution >= 0.6 is 11.3 Å². The number of aromatic nitrogens is 2. The number of rotatable bonds is 5. The highest BCUT2D eigenvalue weighted by Crippen LogP contribution is 2.25. The highest BCUT2D eigenvalue weighted by atomic mass is 32.1. The van der Waals surface area contributed by atoms with E-state index in [1.807, 2.05) is 19.2 Å². The molecule has 0 aromatic carbocycles. The SMILES string of the molecule is CC(C)c1cc(C(=O)O)cc(Nc2nc(C(C)C)cs2)n1. The van der Waals surface area contributed by atoms with Gasteiger partial charge in [-0.25, -0.2) is 14.8 Å². The summed E-state index contributed by atoms with van der Waals surface area (Å²) < 4.78 is 0. The fourth-order valence-corrected chi connectivity index (χ4v) is 2.63. The molecule has 0 aliphatic carbocycles. The normalized spacial score (nSPS) is 11.1. The average Bonchev–Trinajstić information content (AvgIpc) is 2.87. The van der Waals surface area contributed by atoms with Crippen LogP contribution in [0.4, 0.5) is 10.9 Å². The van der Waals surface area contributed by atoms with Crippen molar-refractivity contribution in [2.75, 3.05) is 5.32 Å². The maximum absolute atomic E-state index is 11.2. The lowest BCUT2D eigenvalue weighted by atomic mass is 10.1. The first-order valence-corrected chi connectivity index (χ1v) is 7.72. The summed E-state index contributed by atoms with van der Waals surface area (Å²) in [6.07, 6.45) is 0. The molecule has 0 saturated heterocycles. The first-order chi connectivity index (χ1) is 9.86. The van der Waals surface area contributed by atoms with Crippen molar-refractivity contribution in [1.82, 2.24) is 9.97 Å². The van der Waals surface area contributed by atoms with Crippen molar-refractivity contribution in [3.8, 4) is 0 Å². The maximum atomic E-state index is 11.2. The molecule has 5 nitrogen and oxygen atoms in total. The highest BCUT2D eigenvalue weighted by molar-refractivity contribution is 7.13. The Balaban J connectivity index is 2.31. The molecule has 2 aromatic heterocycles. The third-order valence-corrected chi connectivity index (χ3v) is 3.81. The molecule has 2 rings (SSSR count). The van der Waals surface area contributed by atoms with E-state index in [9.17, 15) is 9.90 Å². The molecular weight excluding hydrogens is 286 g/mol. The van der Waals surface area contributed by atoms with Crippen molar-refractivity contribution in [2.24, 2.45) is 0 Å². The lowest BCUT2D eigenvalue weighted by Crippen LogP contribution is -2.04. The first-order valence-electron chi connectivity index (χ1n) is 6.84. The summed E-state index contributed by atoms with van der Waals surface area (Å²) in [5.74, 6) is 0.0846. The van der Waals surface area contributed by atoms with Crippen molar-refractivity contribution in [3.63, 3.8) is 0 Å². The third kappa shape index (κ3) is 3.78. The van der Waals surface area contributed by atoms with Gasteiger partial charge in [-0.1, -0.05) is 27.7 Å². The van der Waals surface area contributed by atoms with Crippen LogP contribution in [0, 0.1) is 0 Å². The molecule has 0 aliphatic rings. The number of anilines is 2. The molecule has 0 amide bonds. The maximum Gasteiger partial charge on any atom is 0.335 e. The van der Waals surface area contributed by atoms with Crippen LogP contribution in [0.3, 0.4) is 0 Å². The van der Waals surface area contributed by atoms with Gasteiger partial charge >= 0.3 is 5.97 Å². The van der Waals surface area contributed by atoms with Gasteiger partial charge in [0.25, 0.3) is 0 Å². The zero-order chi connectivity index (χ0) is 15.6. The fraction of sp³-hybridized carbons (Fsp3) is 0.400. The second kappa shape index (κ2) is 6.22. The molecule has 2 aromatic rings. The molecular formula is C15H19N3O2S. The summed E-state index contributed by atoms with van der Waals surface area (Å²) in [5.41, 5.74) is 2.00. The number of nitrogens with zero attached hydrogens (tertiary/aromatic N) is 2. The minimum atomic E-state index is -0.954. The number of carboxylic acids is 1. The van der Waals surface area contributed by atoms with Crippen LogP contribution in [0.2, 0.25) is 0 Å². The highest BCUT2D eigenvalue weighted by Gasteiger charge is 2.12. The molecule has 112 valence electrons. The zero-order valence-electron chi connectivity index (χ0n) is 12.5. The number of hydrogen-bond donors (Lipinski definition) is 2.